The van der Waals surface area contributed by atoms with Gasteiger partial charge in [-0.3, -0.25) is 9.59 Å². The van der Waals surface area contributed by atoms with Gasteiger partial charge in [-0.2, -0.15) is 0 Å². The molecule has 3 aromatic rings. The minimum absolute atomic E-state index is 0.108. The van der Waals surface area contributed by atoms with Crippen LogP contribution >= 0.6 is 11.3 Å². The molecule has 1 aromatic heterocycles. The minimum atomic E-state index is -0.349. The number of nitrogens with one attached hydrogen (secondary N) is 2. The lowest BCUT2D eigenvalue weighted by Crippen LogP contribution is -2.33. The van der Waals surface area contributed by atoms with Gasteiger partial charge in [-0.05, 0) is 75.3 Å². The van der Waals surface area contributed by atoms with Crippen LogP contribution in [0.25, 0.3) is 0 Å². The number of para-hydroxylation sites is 1. The standard InChI is InChI=1S/C25H29N5O3S/c31-23(26-14-7-17-30-15-5-2-6-16-30)19-10-12-20(13-11-19)27-24(32)25-29-28-22(34-25)18-33-21-8-3-1-4-9-21/h1,3-4,8-13H,2,5-7,14-18H2,(H,26,31)(H,27,32). The Morgan fingerprint density at radius 3 is 2.47 bits per heavy atom. The van der Waals surface area contributed by atoms with E-state index in [0.29, 0.717) is 22.8 Å². The number of carbonyl (C=O) groups is 2. The third-order valence-corrected chi connectivity index (χ3v) is 6.45. The summed E-state index contributed by atoms with van der Waals surface area (Å²) in [5.41, 5.74) is 1.15. The molecule has 0 saturated carbocycles. The van der Waals surface area contributed by atoms with E-state index in [-0.39, 0.29) is 23.4 Å². The normalized spacial score (nSPS) is 13.9. The van der Waals surface area contributed by atoms with E-state index in [1.54, 1.807) is 24.3 Å². The van der Waals surface area contributed by atoms with E-state index in [1.165, 1.54) is 43.7 Å². The zero-order valence-corrected chi connectivity index (χ0v) is 19.9. The number of carbonyl (C=O) groups excluding carboxylic acids is 2. The van der Waals surface area contributed by atoms with Gasteiger partial charge in [0.15, 0.2) is 5.01 Å². The second kappa shape index (κ2) is 12.2. The Kier molecular flexibility index (Phi) is 8.59. The molecule has 2 amide bonds. The molecule has 1 fully saturated rings. The molecule has 1 aliphatic heterocycles. The predicted molar refractivity (Wildman–Crippen MR) is 132 cm³/mol. The largest absolute Gasteiger partial charge is 0.486 e. The lowest BCUT2D eigenvalue weighted by Gasteiger charge is -2.26. The fourth-order valence-electron chi connectivity index (χ4n) is 3.74. The second-order valence-electron chi connectivity index (χ2n) is 8.15. The van der Waals surface area contributed by atoms with Crippen LogP contribution in [0.4, 0.5) is 5.69 Å². The number of amides is 2. The Balaban J connectivity index is 1.20. The van der Waals surface area contributed by atoms with Crippen LogP contribution in [0.2, 0.25) is 0 Å². The Hall–Kier alpha value is -3.30. The molecular weight excluding hydrogens is 450 g/mol. The summed E-state index contributed by atoms with van der Waals surface area (Å²) in [6.07, 6.45) is 4.82. The maximum atomic E-state index is 12.5. The highest BCUT2D eigenvalue weighted by atomic mass is 32.1. The van der Waals surface area contributed by atoms with E-state index in [0.717, 1.165) is 18.7 Å². The maximum Gasteiger partial charge on any atom is 0.286 e. The molecule has 1 saturated heterocycles. The first-order valence-corrected chi connectivity index (χ1v) is 12.4. The van der Waals surface area contributed by atoms with Crippen molar-refractivity contribution in [2.45, 2.75) is 32.3 Å². The number of hydrogen-bond acceptors (Lipinski definition) is 7. The van der Waals surface area contributed by atoms with E-state index in [2.05, 4.69) is 25.7 Å². The van der Waals surface area contributed by atoms with Crippen LogP contribution in [0.5, 0.6) is 5.75 Å². The molecule has 4 rings (SSSR count). The molecule has 34 heavy (non-hydrogen) atoms. The van der Waals surface area contributed by atoms with Crippen LogP contribution in [0.1, 0.15) is 50.9 Å². The molecule has 2 heterocycles. The van der Waals surface area contributed by atoms with Crippen molar-refractivity contribution in [2.75, 3.05) is 31.5 Å². The zero-order valence-electron chi connectivity index (χ0n) is 19.0. The van der Waals surface area contributed by atoms with Gasteiger partial charge < -0.3 is 20.3 Å². The zero-order chi connectivity index (χ0) is 23.6. The van der Waals surface area contributed by atoms with E-state index in [4.69, 9.17) is 4.74 Å². The summed E-state index contributed by atoms with van der Waals surface area (Å²) in [6, 6.07) is 16.2. The van der Waals surface area contributed by atoms with Crippen molar-refractivity contribution >= 4 is 28.8 Å². The first-order chi connectivity index (χ1) is 16.7. The van der Waals surface area contributed by atoms with Gasteiger partial charge in [0.05, 0.1) is 0 Å². The minimum Gasteiger partial charge on any atom is -0.486 e. The molecule has 0 bridgehead atoms. The molecule has 0 aliphatic carbocycles. The highest BCUT2D eigenvalue weighted by Gasteiger charge is 2.14. The Labute approximate surface area is 203 Å². The molecule has 8 nitrogen and oxygen atoms in total. The third kappa shape index (κ3) is 7.10. The Morgan fingerprint density at radius 1 is 0.941 bits per heavy atom. The van der Waals surface area contributed by atoms with Gasteiger partial charge in [0.2, 0.25) is 5.01 Å². The predicted octanol–water partition coefficient (Wildman–Crippen LogP) is 3.98. The summed E-state index contributed by atoms with van der Waals surface area (Å²) in [6.45, 7) is 4.26. The van der Waals surface area contributed by atoms with Crippen LogP contribution in [-0.4, -0.2) is 53.1 Å². The highest BCUT2D eigenvalue weighted by Crippen LogP contribution is 2.17. The number of hydrogen-bond donors (Lipinski definition) is 2. The highest BCUT2D eigenvalue weighted by molar-refractivity contribution is 7.13. The fraction of sp³-hybridized carbons (Fsp3) is 0.360. The van der Waals surface area contributed by atoms with E-state index in [1.807, 2.05) is 30.3 Å². The van der Waals surface area contributed by atoms with E-state index >= 15 is 0 Å². The number of nitrogens with zero attached hydrogens (tertiary/aromatic N) is 3. The third-order valence-electron chi connectivity index (χ3n) is 5.56. The van der Waals surface area contributed by atoms with Gasteiger partial charge in [-0.1, -0.05) is 36.0 Å². The number of anilines is 1. The number of aromatic nitrogens is 2. The number of benzene rings is 2. The number of rotatable bonds is 10. The first-order valence-electron chi connectivity index (χ1n) is 11.6. The van der Waals surface area contributed by atoms with Gasteiger partial charge >= 0.3 is 0 Å². The molecule has 0 spiro atoms. The van der Waals surface area contributed by atoms with Crippen molar-refractivity contribution in [3.05, 3.63) is 70.2 Å². The number of piperidine rings is 1. The lowest BCUT2D eigenvalue weighted by atomic mass is 10.1. The molecule has 2 aromatic carbocycles. The first kappa shape index (κ1) is 23.8. The van der Waals surface area contributed by atoms with E-state index in [9.17, 15) is 9.59 Å². The molecular formula is C25H29N5O3S. The molecule has 178 valence electrons. The van der Waals surface area contributed by atoms with Crippen molar-refractivity contribution in [1.29, 1.82) is 0 Å². The van der Waals surface area contributed by atoms with Crippen molar-refractivity contribution in [3.63, 3.8) is 0 Å². The number of ether oxygens (including phenoxy) is 1. The second-order valence-corrected chi connectivity index (χ2v) is 9.21. The topological polar surface area (TPSA) is 96.5 Å². The summed E-state index contributed by atoms with van der Waals surface area (Å²) < 4.78 is 5.64. The molecule has 0 atom stereocenters. The quantitative estimate of drug-likeness (QED) is 0.427. The number of likely N-dealkylation sites (tertiary alicyclic amines) is 1. The van der Waals surface area contributed by atoms with Crippen molar-refractivity contribution < 1.29 is 14.3 Å². The van der Waals surface area contributed by atoms with Crippen molar-refractivity contribution in [3.8, 4) is 5.75 Å². The summed E-state index contributed by atoms with van der Waals surface area (Å²) in [5, 5.41) is 14.6. The monoisotopic (exact) mass is 479 g/mol. The van der Waals surface area contributed by atoms with Gasteiger partial charge in [0.25, 0.3) is 11.8 Å². The summed E-state index contributed by atoms with van der Waals surface area (Å²) >= 11 is 1.18. The molecule has 0 radical (unpaired) electrons. The Bertz CT molecular complexity index is 1070. The SMILES string of the molecule is O=C(NCCCN1CCCCC1)c1ccc(NC(=O)c2nnc(COc3ccccc3)s2)cc1. The van der Waals surface area contributed by atoms with Crippen LogP contribution in [0, 0.1) is 0 Å². The average molecular weight is 480 g/mol. The molecule has 9 heteroatoms. The smallest absolute Gasteiger partial charge is 0.286 e. The van der Waals surface area contributed by atoms with Gasteiger partial charge in [-0.25, -0.2) is 0 Å². The van der Waals surface area contributed by atoms with Gasteiger partial charge in [0, 0.05) is 17.8 Å². The fourth-order valence-corrected chi connectivity index (χ4v) is 4.39. The maximum absolute atomic E-state index is 12.5. The van der Waals surface area contributed by atoms with E-state index < -0.39 is 0 Å². The van der Waals surface area contributed by atoms with Crippen LogP contribution in [0.15, 0.2) is 54.6 Å². The summed E-state index contributed by atoms with van der Waals surface area (Å²) in [7, 11) is 0. The molecule has 0 unspecified atom stereocenters. The molecule has 2 N–H and O–H groups in total. The lowest BCUT2D eigenvalue weighted by molar-refractivity contribution is 0.0950. The van der Waals surface area contributed by atoms with Gasteiger partial charge in [-0.15, -0.1) is 10.2 Å². The van der Waals surface area contributed by atoms with Crippen LogP contribution in [-0.2, 0) is 6.61 Å². The summed E-state index contributed by atoms with van der Waals surface area (Å²) in [4.78, 5) is 27.3. The van der Waals surface area contributed by atoms with Crippen molar-refractivity contribution in [2.24, 2.45) is 0 Å². The van der Waals surface area contributed by atoms with Crippen LogP contribution in [0.3, 0.4) is 0 Å². The molecule has 1 aliphatic rings. The Morgan fingerprint density at radius 2 is 1.71 bits per heavy atom. The van der Waals surface area contributed by atoms with Gasteiger partial charge in [0.1, 0.15) is 12.4 Å². The summed E-state index contributed by atoms with van der Waals surface area (Å²) in [5.74, 6) is 0.275. The van der Waals surface area contributed by atoms with Crippen molar-refractivity contribution in [1.82, 2.24) is 20.4 Å². The van der Waals surface area contributed by atoms with Crippen LogP contribution < -0.4 is 15.4 Å². The average Bonchev–Trinajstić information content (AvgIpc) is 3.36.